The van der Waals surface area contributed by atoms with Gasteiger partial charge >= 0.3 is 0 Å². The minimum atomic E-state index is -0.467. The normalized spacial score (nSPS) is 33.1. The van der Waals surface area contributed by atoms with Gasteiger partial charge in [-0.2, -0.15) is 0 Å². The minimum absolute atomic E-state index is 0.0199. The number of nitrogens with zero attached hydrogens (tertiary/aromatic N) is 2. The molecular weight excluding hydrogens is 250 g/mol. The predicted molar refractivity (Wildman–Crippen MR) is 79.2 cm³/mol. The third-order valence-electron chi connectivity index (χ3n) is 4.45. The maximum Gasteiger partial charge on any atom is 0.231 e. The maximum absolute atomic E-state index is 12.0. The molecule has 2 N–H and O–H groups in total. The first kappa shape index (κ1) is 12.9. The average Bonchev–Trinajstić information content (AvgIpc) is 3.09. The topological polar surface area (TPSA) is 58.7 Å². The summed E-state index contributed by atoms with van der Waals surface area (Å²) < 4.78 is 0. The van der Waals surface area contributed by atoms with E-state index in [-0.39, 0.29) is 17.7 Å². The fourth-order valence-corrected chi connectivity index (χ4v) is 3.25. The summed E-state index contributed by atoms with van der Waals surface area (Å²) in [5, 5.41) is 0. The molecule has 0 saturated heterocycles. The number of hydrogen-bond acceptors (Lipinski definition) is 3. The summed E-state index contributed by atoms with van der Waals surface area (Å²) in [7, 11) is 1.66. The summed E-state index contributed by atoms with van der Waals surface area (Å²) in [6, 6.07) is 10.3. The smallest absolute Gasteiger partial charge is 0.231 e. The van der Waals surface area contributed by atoms with Crippen molar-refractivity contribution >= 4 is 11.9 Å². The van der Waals surface area contributed by atoms with Crippen LogP contribution < -0.4 is 5.73 Å². The summed E-state index contributed by atoms with van der Waals surface area (Å²) in [6.07, 6.45) is 0.386. The summed E-state index contributed by atoms with van der Waals surface area (Å²) >= 11 is 0. The Morgan fingerprint density at radius 2 is 2.05 bits per heavy atom. The van der Waals surface area contributed by atoms with Gasteiger partial charge in [-0.1, -0.05) is 42.5 Å². The second-order valence-corrected chi connectivity index (χ2v) is 5.90. The van der Waals surface area contributed by atoms with Gasteiger partial charge in [-0.3, -0.25) is 9.69 Å². The summed E-state index contributed by atoms with van der Waals surface area (Å²) in [6.45, 7) is 6.16. The summed E-state index contributed by atoms with van der Waals surface area (Å²) in [4.78, 5) is 18.0. The molecule has 0 spiro atoms. The largest absolute Gasteiger partial charge is 0.369 e. The fourth-order valence-electron chi connectivity index (χ4n) is 3.25. The van der Waals surface area contributed by atoms with Gasteiger partial charge in [-0.25, -0.2) is 4.99 Å². The molecule has 2 aliphatic rings. The lowest BCUT2D eigenvalue weighted by molar-refractivity contribution is -0.128. The Bertz CT molecular complexity index is 607. The molecule has 1 heterocycles. The lowest BCUT2D eigenvalue weighted by Crippen LogP contribution is -2.49. The van der Waals surface area contributed by atoms with Crippen LogP contribution in [0, 0.1) is 5.92 Å². The van der Waals surface area contributed by atoms with E-state index in [4.69, 9.17) is 5.73 Å². The number of rotatable bonds is 2. The first-order chi connectivity index (χ1) is 9.44. The van der Waals surface area contributed by atoms with Crippen LogP contribution in [0.25, 0.3) is 0 Å². The molecule has 0 aromatic heterocycles. The van der Waals surface area contributed by atoms with Gasteiger partial charge < -0.3 is 5.73 Å². The van der Waals surface area contributed by atoms with Crippen molar-refractivity contribution in [1.82, 2.24) is 4.90 Å². The maximum atomic E-state index is 12.0. The van der Waals surface area contributed by atoms with Crippen LogP contribution in [-0.2, 0) is 4.79 Å². The van der Waals surface area contributed by atoms with E-state index >= 15 is 0 Å². The number of amides is 1. The van der Waals surface area contributed by atoms with Crippen molar-refractivity contribution in [3.8, 4) is 0 Å². The Balaban J connectivity index is 1.91. The van der Waals surface area contributed by atoms with E-state index in [9.17, 15) is 4.79 Å². The first-order valence-corrected chi connectivity index (χ1v) is 6.79. The number of aliphatic imine (C=N–C) groups is 1. The van der Waals surface area contributed by atoms with Crippen molar-refractivity contribution in [1.29, 1.82) is 0 Å². The number of nitrogens with two attached hydrogens (primary N) is 1. The third kappa shape index (κ3) is 1.83. The molecule has 104 valence electrons. The minimum Gasteiger partial charge on any atom is -0.369 e. The molecule has 4 heteroatoms. The van der Waals surface area contributed by atoms with Crippen LogP contribution in [0.4, 0.5) is 0 Å². The molecule has 0 radical (unpaired) electrons. The van der Waals surface area contributed by atoms with E-state index < -0.39 is 5.54 Å². The standard InChI is InChI=1S/C16H19N3O/c1-10-13(11-7-5-4-6-8-11)14(10)16(2)9-12(20)19(3)15(17)18-16/h4-8,13-14H,1,9H2,2-3H3,(H2,17,18). The van der Waals surface area contributed by atoms with Gasteiger partial charge in [-0.05, 0) is 12.5 Å². The zero-order chi connectivity index (χ0) is 14.5. The highest BCUT2D eigenvalue weighted by Crippen LogP contribution is 2.60. The average molecular weight is 269 g/mol. The SMILES string of the molecule is C=C1C(c2ccccc2)C1C1(C)CC(=O)N(C)C(N)=N1. The highest BCUT2D eigenvalue weighted by molar-refractivity contribution is 5.98. The second-order valence-electron chi connectivity index (χ2n) is 5.90. The number of carbonyl (C=O) groups excluding carboxylic acids is 1. The van der Waals surface area contributed by atoms with Crippen LogP contribution in [0.2, 0.25) is 0 Å². The summed E-state index contributed by atoms with van der Waals surface area (Å²) in [5.41, 5.74) is 7.78. The van der Waals surface area contributed by atoms with Gasteiger partial charge in [0.1, 0.15) is 0 Å². The van der Waals surface area contributed by atoms with Crippen molar-refractivity contribution in [3.05, 3.63) is 48.0 Å². The first-order valence-electron chi connectivity index (χ1n) is 6.79. The van der Waals surface area contributed by atoms with Gasteiger partial charge in [0.15, 0.2) is 5.96 Å². The van der Waals surface area contributed by atoms with E-state index in [0.717, 1.165) is 5.57 Å². The molecule has 1 saturated carbocycles. The van der Waals surface area contributed by atoms with E-state index in [0.29, 0.717) is 12.4 Å². The highest BCUT2D eigenvalue weighted by Gasteiger charge is 2.56. The molecule has 3 unspecified atom stereocenters. The second kappa shape index (κ2) is 4.20. The predicted octanol–water partition coefficient (Wildman–Crippen LogP) is 1.89. The van der Waals surface area contributed by atoms with Gasteiger partial charge in [0.2, 0.25) is 5.91 Å². The van der Waals surface area contributed by atoms with Crippen LogP contribution in [0.1, 0.15) is 24.8 Å². The van der Waals surface area contributed by atoms with Gasteiger partial charge in [0.25, 0.3) is 0 Å². The van der Waals surface area contributed by atoms with Crippen molar-refractivity contribution < 1.29 is 4.79 Å². The number of hydrogen-bond donors (Lipinski definition) is 1. The van der Waals surface area contributed by atoms with Crippen LogP contribution in [0.5, 0.6) is 0 Å². The molecule has 1 aromatic carbocycles. The lowest BCUT2D eigenvalue weighted by Gasteiger charge is -2.33. The molecule has 1 amide bonds. The zero-order valence-electron chi connectivity index (χ0n) is 11.8. The molecule has 20 heavy (non-hydrogen) atoms. The van der Waals surface area contributed by atoms with E-state index in [2.05, 4.69) is 23.7 Å². The van der Waals surface area contributed by atoms with Crippen LogP contribution >= 0.6 is 0 Å². The molecule has 3 rings (SSSR count). The number of benzene rings is 1. The Labute approximate surface area is 119 Å². The Morgan fingerprint density at radius 3 is 2.65 bits per heavy atom. The molecule has 1 aliphatic heterocycles. The van der Waals surface area contributed by atoms with E-state index in [1.54, 1.807) is 7.05 Å². The van der Waals surface area contributed by atoms with Crippen molar-refractivity contribution in [2.24, 2.45) is 16.6 Å². The third-order valence-corrected chi connectivity index (χ3v) is 4.45. The van der Waals surface area contributed by atoms with Crippen molar-refractivity contribution in [2.45, 2.75) is 24.8 Å². The van der Waals surface area contributed by atoms with Crippen LogP contribution in [0.3, 0.4) is 0 Å². The molecule has 1 aromatic rings. The molecule has 3 atom stereocenters. The van der Waals surface area contributed by atoms with Crippen LogP contribution in [-0.4, -0.2) is 29.4 Å². The monoisotopic (exact) mass is 269 g/mol. The van der Waals surface area contributed by atoms with E-state index in [1.165, 1.54) is 10.5 Å². The summed E-state index contributed by atoms with van der Waals surface area (Å²) in [5.74, 6) is 0.803. The van der Waals surface area contributed by atoms with Gasteiger partial charge in [0.05, 0.1) is 12.0 Å². The molecule has 0 bridgehead atoms. The fraction of sp³-hybridized carbons (Fsp3) is 0.375. The highest BCUT2D eigenvalue weighted by atomic mass is 16.2. The van der Waals surface area contributed by atoms with Crippen molar-refractivity contribution in [3.63, 3.8) is 0 Å². The Kier molecular flexibility index (Phi) is 2.71. The lowest BCUT2D eigenvalue weighted by atomic mass is 9.88. The number of guanidine groups is 1. The van der Waals surface area contributed by atoms with Gasteiger partial charge in [0, 0.05) is 18.9 Å². The zero-order valence-corrected chi connectivity index (χ0v) is 11.8. The van der Waals surface area contributed by atoms with E-state index in [1.807, 2.05) is 25.1 Å². The number of carbonyl (C=O) groups is 1. The quantitative estimate of drug-likeness (QED) is 0.833. The Hall–Kier alpha value is -2.10. The molecule has 1 fully saturated rings. The Morgan fingerprint density at radius 1 is 1.40 bits per heavy atom. The molecular formula is C16H19N3O. The molecule has 4 nitrogen and oxygen atoms in total. The molecule has 1 aliphatic carbocycles. The van der Waals surface area contributed by atoms with Crippen molar-refractivity contribution in [2.75, 3.05) is 7.05 Å². The van der Waals surface area contributed by atoms with Crippen LogP contribution in [0.15, 0.2) is 47.5 Å². The van der Waals surface area contributed by atoms with Gasteiger partial charge in [-0.15, -0.1) is 0 Å².